The van der Waals surface area contributed by atoms with Gasteiger partial charge in [0, 0.05) is 18.2 Å². The standard InChI is InChI=1S/C22H20N2O5S2/c1-3-17(21(27)28)29-18-7-5-4-6-14(18)12-19-20(26)24(22(30)31-19)16-10-8-15(9-11-16)23-13(2)25/h4-12,17H,3H2,1-2H3,(H,23,25)(H,27,28)/b19-12+. The van der Waals surface area contributed by atoms with E-state index < -0.39 is 12.1 Å². The fourth-order valence-electron chi connectivity index (χ4n) is 2.90. The summed E-state index contributed by atoms with van der Waals surface area (Å²) in [6.45, 7) is 3.14. The molecule has 2 aromatic rings. The number of carboxylic acids is 1. The third-order valence-electron chi connectivity index (χ3n) is 4.36. The van der Waals surface area contributed by atoms with Crippen LogP contribution in [0.4, 0.5) is 11.4 Å². The van der Waals surface area contributed by atoms with Crippen molar-refractivity contribution < 1.29 is 24.2 Å². The first-order valence-electron chi connectivity index (χ1n) is 9.44. The van der Waals surface area contributed by atoms with Crippen LogP contribution in [0.5, 0.6) is 5.75 Å². The molecule has 1 saturated heterocycles. The molecule has 0 spiro atoms. The van der Waals surface area contributed by atoms with Crippen molar-refractivity contribution in [1.29, 1.82) is 0 Å². The lowest BCUT2D eigenvalue weighted by atomic mass is 10.1. The van der Waals surface area contributed by atoms with Gasteiger partial charge in [-0.15, -0.1) is 0 Å². The maximum absolute atomic E-state index is 13.0. The number of anilines is 2. The molecule has 2 N–H and O–H groups in total. The number of benzene rings is 2. The van der Waals surface area contributed by atoms with Gasteiger partial charge in [-0.1, -0.05) is 49.1 Å². The maximum Gasteiger partial charge on any atom is 0.344 e. The van der Waals surface area contributed by atoms with E-state index in [2.05, 4.69) is 5.32 Å². The number of nitrogens with zero attached hydrogens (tertiary/aromatic N) is 1. The summed E-state index contributed by atoms with van der Waals surface area (Å²) in [5.74, 6) is -1.15. The number of thiocarbonyl (C=S) groups is 1. The fraction of sp³-hybridized carbons (Fsp3) is 0.182. The van der Waals surface area contributed by atoms with Gasteiger partial charge in [0.15, 0.2) is 10.4 Å². The van der Waals surface area contributed by atoms with Crippen LogP contribution in [0, 0.1) is 0 Å². The Kier molecular flexibility index (Phi) is 7.09. The number of amides is 2. The molecule has 0 radical (unpaired) electrons. The second-order valence-electron chi connectivity index (χ2n) is 6.64. The van der Waals surface area contributed by atoms with Crippen molar-refractivity contribution in [2.45, 2.75) is 26.4 Å². The highest BCUT2D eigenvalue weighted by molar-refractivity contribution is 8.27. The van der Waals surface area contributed by atoms with Crippen molar-refractivity contribution in [3.63, 3.8) is 0 Å². The summed E-state index contributed by atoms with van der Waals surface area (Å²) in [7, 11) is 0. The van der Waals surface area contributed by atoms with Gasteiger partial charge in [0.2, 0.25) is 5.91 Å². The molecule has 9 heteroatoms. The number of rotatable bonds is 7. The van der Waals surface area contributed by atoms with Crippen LogP contribution >= 0.6 is 24.0 Å². The van der Waals surface area contributed by atoms with Crippen LogP contribution in [0.15, 0.2) is 53.4 Å². The van der Waals surface area contributed by atoms with Crippen molar-refractivity contribution in [1.82, 2.24) is 0 Å². The highest BCUT2D eigenvalue weighted by Gasteiger charge is 2.33. The first kappa shape index (κ1) is 22.5. The summed E-state index contributed by atoms with van der Waals surface area (Å²) in [5, 5.41) is 11.9. The van der Waals surface area contributed by atoms with Crippen molar-refractivity contribution >= 4 is 63.5 Å². The molecular formula is C22H20N2O5S2. The first-order chi connectivity index (χ1) is 14.8. The average Bonchev–Trinajstić information content (AvgIpc) is 3.00. The number of carbonyl (C=O) groups is 3. The van der Waals surface area contributed by atoms with Crippen LogP contribution in [-0.4, -0.2) is 33.3 Å². The van der Waals surface area contributed by atoms with E-state index in [1.54, 1.807) is 61.5 Å². The number of hydrogen-bond donors (Lipinski definition) is 2. The second kappa shape index (κ2) is 9.76. The summed E-state index contributed by atoms with van der Waals surface area (Å²) >= 11 is 6.55. The first-order valence-corrected chi connectivity index (χ1v) is 10.7. The van der Waals surface area contributed by atoms with Gasteiger partial charge in [-0.2, -0.15) is 0 Å². The molecule has 160 valence electrons. The minimum Gasteiger partial charge on any atom is -0.479 e. The SMILES string of the molecule is CCC(Oc1ccccc1/C=C1/SC(=S)N(c2ccc(NC(C)=O)cc2)C1=O)C(=O)O. The van der Waals surface area contributed by atoms with Crippen molar-refractivity contribution in [3.8, 4) is 5.75 Å². The summed E-state index contributed by atoms with van der Waals surface area (Å²) in [6, 6.07) is 13.7. The normalized spacial score (nSPS) is 15.8. The van der Waals surface area contributed by atoms with Gasteiger partial charge in [-0.25, -0.2) is 4.79 Å². The molecule has 2 aromatic carbocycles. The zero-order valence-corrected chi connectivity index (χ0v) is 18.5. The number of para-hydroxylation sites is 1. The van der Waals surface area contributed by atoms with E-state index in [4.69, 9.17) is 17.0 Å². The van der Waals surface area contributed by atoms with E-state index in [-0.39, 0.29) is 11.8 Å². The summed E-state index contributed by atoms with van der Waals surface area (Å²) in [4.78, 5) is 37.3. The molecule has 1 aliphatic rings. The molecule has 7 nitrogen and oxygen atoms in total. The van der Waals surface area contributed by atoms with E-state index in [0.717, 1.165) is 11.8 Å². The molecule has 1 atom stereocenters. The molecular weight excluding hydrogens is 436 g/mol. The molecule has 1 heterocycles. The van der Waals surface area contributed by atoms with Gasteiger partial charge < -0.3 is 15.2 Å². The van der Waals surface area contributed by atoms with Gasteiger partial charge in [0.25, 0.3) is 5.91 Å². The number of thioether (sulfide) groups is 1. The van der Waals surface area contributed by atoms with Crippen LogP contribution in [-0.2, 0) is 14.4 Å². The van der Waals surface area contributed by atoms with E-state index in [1.165, 1.54) is 11.8 Å². The molecule has 0 aromatic heterocycles. The third-order valence-corrected chi connectivity index (χ3v) is 5.66. The van der Waals surface area contributed by atoms with Crippen LogP contribution in [0.25, 0.3) is 6.08 Å². The van der Waals surface area contributed by atoms with Crippen LogP contribution in [0.2, 0.25) is 0 Å². The Bertz CT molecular complexity index is 1070. The Morgan fingerprint density at radius 1 is 1.23 bits per heavy atom. The van der Waals surface area contributed by atoms with E-state index in [0.29, 0.717) is 38.3 Å². The number of ether oxygens (including phenoxy) is 1. The Hall–Kier alpha value is -3.17. The van der Waals surface area contributed by atoms with Crippen LogP contribution in [0.1, 0.15) is 25.8 Å². The Labute approximate surface area is 189 Å². The highest BCUT2D eigenvalue weighted by Crippen LogP contribution is 2.37. The predicted molar refractivity (Wildman–Crippen MR) is 125 cm³/mol. The molecule has 2 amide bonds. The van der Waals surface area contributed by atoms with Gasteiger partial charge in [-0.3, -0.25) is 14.5 Å². The topological polar surface area (TPSA) is 95.9 Å². The minimum atomic E-state index is -1.05. The zero-order valence-electron chi connectivity index (χ0n) is 16.8. The quantitative estimate of drug-likeness (QED) is 0.474. The Morgan fingerprint density at radius 3 is 2.52 bits per heavy atom. The van der Waals surface area contributed by atoms with Crippen molar-refractivity contribution in [2.75, 3.05) is 10.2 Å². The Balaban J connectivity index is 1.86. The smallest absolute Gasteiger partial charge is 0.344 e. The lowest BCUT2D eigenvalue weighted by Crippen LogP contribution is -2.27. The molecule has 0 saturated carbocycles. The minimum absolute atomic E-state index is 0.185. The molecule has 1 fully saturated rings. The number of nitrogens with one attached hydrogen (secondary N) is 1. The lowest BCUT2D eigenvalue weighted by Gasteiger charge is -2.16. The van der Waals surface area contributed by atoms with Crippen molar-refractivity contribution in [3.05, 3.63) is 59.0 Å². The monoisotopic (exact) mass is 456 g/mol. The molecule has 0 bridgehead atoms. The van der Waals surface area contributed by atoms with Gasteiger partial charge >= 0.3 is 5.97 Å². The second-order valence-corrected chi connectivity index (χ2v) is 8.31. The lowest BCUT2D eigenvalue weighted by molar-refractivity contribution is -0.145. The highest BCUT2D eigenvalue weighted by atomic mass is 32.2. The van der Waals surface area contributed by atoms with Crippen molar-refractivity contribution in [2.24, 2.45) is 0 Å². The maximum atomic E-state index is 13.0. The van der Waals surface area contributed by atoms with Crippen LogP contribution < -0.4 is 15.0 Å². The zero-order chi connectivity index (χ0) is 22.5. The van der Waals surface area contributed by atoms with E-state index >= 15 is 0 Å². The van der Waals surface area contributed by atoms with E-state index in [1.807, 2.05) is 0 Å². The molecule has 1 aliphatic heterocycles. The predicted octanol–water partition coefficient (Wildman–Crippen LogP) is 4.29. The summed E-state index contributed by atoms with van der Waals surface area (Å²) in [5.41, 5.74) is 1.79. The van der Waals surface area contributed by atoms with E-state index in [9.17, 15) is 19.5 Å². The molecule has 1 unspecified atom stereocenters. The summed E-state index contributed by atoms with van der Waals surface area (Å²) < 4.78 is 6.01. The largest absolute Gasteiger partial charge is 0.479 e. The van der Waals surface area contributed by atoms with Gasteiger partial charge in [0.1, 0.15) is 5.75 Å². The number of carbonyl (C=O) groups excluding carboxylic acids is 2. The average molecular weight is 457 g/mol. The van der Waals surface area contributed by atoms with Crippen LogP contribution in [0.3, 0.4) is 0 Å². The van der Waals surface area contributed by atoms with Gasteiger partial charge in [0.05, 0.1) is 10.6 Å². The number of aliphatic carboxylic acids is 1. The fourth-order valence-corrected chi connectivity index (χ4v) is 4.19. The molecule has 0 aliphatic carbocycles. The number of hydrogen-bond acceptors (Lipinski definition) is 6. The Morgan fingerprint density at radius 2 is 1.90 bits per heavy atom. The van der Waals surface area contributed by atoms with Gasteiger partial charge in [-0.05, 0) is 42.8 Å². The number of carboxylic acid groups (broad SMARTS) is 1. The molecule has 3 rings (SSSR count). The summed E-state index contributed by atoms with van der Waals surface area (Å²) in [6.07, 6.45) is 0.973. The molecule has 31 heavy (non-hydrogen) atoms. The third kappa shape index (κ3) is 5.31.